The van der Waals surface area contributed by atoms with Crippen LogP contribution in [0.4, 0.5) is 0 Å². The van der Waals surface area contributed by atoms with Crippen LogP contribution in [0.3, 0.4) is 0 Å². The molecule has 4 nitrogen and oxygen atoms in total. The summed E-state index contributed by atoms with van der Waals surface area (Å²) >= 11 is 0. The lowest BCUT2D eigenvalue weighted by Gasteiger charge is -2.32. The minimum absolute atomic E-state index is 0.107. The van der Waals surface area contributed by atoms with Crippen molar-refractivity contribution in [2.75, 3.05) is 6.26 Å². The third-order valence-electron chi connectivity index (χ3n) is 4.26. The van der Waals surface area contributed by atoms with E-state index in [2.05, 4.69) is 38.3 Å². The fourth-order valence-electron chi connectivity index (χ4n) is 2.14. The van der Waals surface area contributed by atoms with E-state index in [0.29, 0.717) is 6.42 Å². The molecule has 1 rings (SSSR count). The van der Waals surface area contributed by atoms with Gasteiger partial charge < -0.3 is 0 Å². The largest absolute Gasteiger partial charge is 0.271 e. The number of nitrogens with two attached hydrogens (primary N) is 1. The molecule has 3 N–H and O–H groups in total. The second kappa shape index (κ2) is 6.07. The third-order valence-corrected chi connectivity index (χ3v) is 6.45. The Bertz CT molecular complexity index is 569. The van der Waals surface area contributed by atoms with Gasteiger partial charge in [-0.25, -0.2) is 8.42 Å². The van der Waals surface area contributed by atoms with Gasteiger partial charge in [0.25, 0.3) is 0 Å². The zero-order valence-electron chi connectivity index (χ0n) is 13.9. The van der Waals surface area contributed by atoms with Gasteiger partial charge in [-0.15, -0.1) is 0 Å². The lowest BCUT2D eigenvalue weighted by Crippen LogP contribution is -2.55. The van der Waals surface area contributed by atoms with Crippen LogP contribution in [0.25, 0.3) is 0 Å². The van der Waals surface area contributed by atoms with Gasteiger partial charge in [0.2, 0.25) is 0 Å². The Balaban J connectivity index is 2.98. The topological polar surface area (TPSA) is 72.2 Å². The number of hydrazine groups is 1. The van der Waals surface area contributed by atoms with Gasteiger partial charge in [-0.1, -0.05) is 45.0 Å². The Labute approximate surface area is 129 Å². The van der Waals surface area contributed by atoms with E-state index in [9.17, 15) is 8.42 Å². The van der Waals surface area contributed by atoms with Gasteiger partial charge >= 0.3 is 0 Å². The molecular weight excluding hydrogens is 284 g/mol. The molecular formula is C16H28N2O2S. The van der Waals surface area contributed by atoms with Gasteiger partial charge in [0.05, 0.1) is 4.75 Å². The molecule has 0 bridgehead atoms. The highest BCUT2D eigenvalue weighted by atomic mass is 32.2. The second-order valence-electron chi connectivity index (χ2n) is 7.25. The van der Waals surface area contributed by atoms with Crippen LogP contribution in [0.2, 0.25) is 0 Å². The fraction of sp³-hybridized carbons (Fsp3) is 0.625. The van der Waals surface area contributed by atoms with E-state index in [-0.39, 0.29) is 11.5 Å². The highest BCUT2D eigenvalue weighted by Crippen LogP contribution is 2.25. The molecule has 0 heterocycles. The van der Waals surface area contributed by atoms with E-state index in [4.69, 9.17) is 5.84 Å². The van der Waals surface area contributed by atoms with Crippen molar-refractivity contribution in [2.45, 2.75) is 57.2 Å². The molecule has 0 fully saturated rings. The zero-order valence-corrected chi connectivity index (χ0v) is 14.7. The predicted octanol–water partition coefficient (Wildman–Crippen LogP) is 2.18. The SMILES string of the molecule is CC(C)(C)c1ccc(CC(NN)C(C)(C)S(C)(=O)=O)cc1. The van der Waals surface area contributed by atoms with Gasteiger partial charge in [0.1, 0.15) is 0 Å². The lowest BCUT2D eigenvalue weighted by atomic mass is 9.86. The van der Waals surface area contributed by atoms with Crippen molar-refractivity contribution in [3.8, 4) is 0 Å². The first-order chi connectivity index (χ1) is 9.39. The first-order valence-electron chi connectivity index (χ1n) is 7.14. The molecule has 1 unspecified atom stereocenters. The first-order valence-corrected chi connectivity index (χ1v) is 9.04. The molecule has 0 aliphatic rings. The van der Waals surface area contributed by atoms with Crippen LogP contribution < -0.4 is 11.3 Å². The third kappa shape index (κ3) is 4.28. The van der Waals surface area contributed by atoms with Gasteiger partial charge in [0.15, 0.2) is 9.84 Å². The summed E-state index contributed by atoms with van der Waals surface area (Å²) in [4.78, 5) is 0. The summed E-state index contributed by atoms with van der Waals surface area (Å²) in [7, 11) is -3.21. The number of sulfone groups is 1. The minimum Gasteiger partial charge on any atom is -0.271 e. The van der Waals surface area contributed by atoms with Crippen LogP contribution in [-0.4, -0.2) is 25.5 Å². The molecule has 1 atom stereocenters. The zero-order chi connectivity index (χ0) is 16.5. The van der Waals surface area contributed by atoms with Gasteiger partial charge in [-0.05, 0) is 36.8 Å². The number of hydrogen-bond donors (Lipinski definition) is 2. The highest BCUT2D eigenvalue weighted by molar-refractivity contribution is 7.92. The maximum Gasteiger partial charge on any atom is 0.154 e. The van der Waals surface area contributed by atoms with E-state index in [1.54, 1.807) is 13.8 Å². The molecule has 0 aliphatic carbocycles. The average molecular weight is 312 g/mol. The molecule has 0 aliphatic heterocycles. The molecule has 0 saturated carbocycles. The van der Waals surface area contributed by atoms with Crippen LogP contribution in [0.1, 0.15) is 45.7 Å². The fourth-order valence-corrected chi connectivity index (χ4v) is 2.81. The van der Waals surface area contributed by atoms with Crippen LogP contribution >= 0.6 is 0 Å². The van der Waals surface area contributed by atoms with Crippen LogP contribution in [0.5, 0.6) is 0 Å². The molecule has 120 valence electrons. The maximum atomic E-state index is 11.9. The van der Waals surface area contributed by atoms with E-state index in [0.717, 1.165) is 5.56 Å². The van der Waals surface area contributed by atoms with Gasteiger partial charge in [-0.2, -0.15) is 0 Å². The quantitative estimate of drug-likeness (QED) is 0.646. The van der Waals surface area contributed by atoms with Gasteiger partial charge in [-0.3, -0.25) is 11.3 Å². The summed E-state index contributed by atoms with van der Waals surface area (Å²) in [6.45, 7) is 9.91. The predicted molar refractivity (Wildman–Crippen MR) is 88.9 cm³/mol. The Hall–Kier alpha value is -0.910. The van der Waals surface area contributed by atoms with Crippen molar-refractivity contribution in [1.82, 2.24) is 5.43 Å². The number of nitrogens with one attached hydrogen (secondary N) is 1. The lowest BCUT2D eigenvalue weighted by molar-refractivity contribution is 0.413. The number of benzene rings is 1. The summed E-state index contributed by atoms with van der Waals surface area (Å²) < 4.78 is 22.9. The number of rotatable bonds is 5. The Morgan fingerprint density at radius 2 is 1.57 bits per heavy atom. The monoisotopic (exact) mass is 312 g/mol. The molecule has 1 aromatic rings. The summed E-state index contributed by atoms with van der Waals surface area (Å²) in [6, 6.07) is 7.94. The maximum absolute atomic E-state index is 11.9. The molecule has 0 saturated heterocycles. The van der Waals surface area contributed by atoms with E-state index in [1.165, 1.54) is 11.8 Å². The van der Waals surface area contributed by atoms with Crippen molar-refractivity contribution in [2.24, 2.45) is 5.84 Å². The van der Waals surface area contributed by atoms with E-state index >= 15 is 0 Å². The van der Waals surface area contributed by atoms with Crippen molar-refractivity contribution >= 4 is 9.84 Å². The molecule has 1 aromatic carbocycles. The molecule has 0 spiro atoms. The Morgan fingerprint density at radius 1 is 1.10 bits per heavy atom. The molecule has 5 heteroatoms. The average Bonchev–Trinajstić information content (AvgIpc) is 2.33. The van der Waals surface area contributed by atoms with Crippen LogP contribution in [0.15, 0.2) is 24.3 Å². The molecule has 0 radical (unpaired) electrons. The Kier molecular flexibility index (Phi) is 5.24. The van der Waals surface area contributed by atoms with E-state index in [1.807, 2.05) is 12.1 Å². The summed E-state index contributed by atoms with van der Waals surface area (Å²) in [5, 5.41) is 0. The molecule has 0 aromatic heterocycles. The Morgan fingerprint density at radius 3 is 1.90 bits per heavy atom. The minimum atomic E-state index is -3.21. The van der Waals surface area contributed by atoms with Crippen molar-refractivity contribution < 1.29 is 8.42 Å². The van der Waals surface area contributed by atoms with Crippen molar-refractivity contribution in [3.05, 3.63) is 35.4 Å². The van der Waals surface area contributed by atoms with Crippen LogP contribution in [-0.2, 0) is 21.7 Å². The van der Waals surface area contributed by atoms with E-state index < -0.39 is 14.6 Å². The van der Waals surface area contributed by atoms with Gasteiger partial charge in [0, 0.05) is 12.3 Å². The van der Waals surface area contributed by atoms with Crippen molar-refractivity contribution in [1.29, 1.82) is 0 Å². The smallest absolute Gasteiger partial charge is 0.154 e. The summed E-state index contributed by atoms with van der Waals surface area (Å²) in [6.07, 6.45) is 1.82. The molecule has 0 amide bonds. The summed E-state index contributed by atoms with van der Waals surface area (Å²) in [5.41, 5.74) is 5.10. The number of hydrogen-bond acceptors (Lipinski definition) is 4. The van der Waals surface area contributed by atoms with Crippen molar-refractivity contribution in [3.63, 3.8) is 0 Å². The summed E-state index contributed by atoms with van der Waals surface area (Å²) in [5.74, 6) is 5.59. The standard InChI is InChI=1S/C16H28N2O2S/c1-15(2,3)13-9-7-12(8-10-13)11-14(18-17)16(4,5)21(6,19)20/h7-10,14,18H,11,17H2,1-6H3. The van der Waals surface area contributed by atoms with Crippen LogP contribution in [0, 0.1) is 0 Å². The first kappa shape index (κ1) is 18.1. The highest BCUT2D eigenvalue weighted by Gasteiger charge is 2.38. The molecule has 21 heavy (non-hydrogen) atoms. The normalized spacial score (nSPS) is 15.0. The second-order valence-corrected chi connectivity index (χ2v) is 9.84.